The van der Waals surface area contributed by atoms with Crippen LogP contribution in [0.2, 0.25) is 0 Å². The lowest BCUT2D eigenvalue weighted by Crippen LogP contribution is -2.39. The van der Waals surface area contributed by atoms with Gasteiger partial charge in [0.15, 0.2) is 15.0 Å². The Labute approximate surface area is 185 Å². The molecule has 2 heterocycles. The molecular formula is C23H24F2N2O2S2. The Hall–Kier alpha value is -2.32. The van der Waals surface area contributed by atoms with Gasteiger partial charge >= 0.3 is 0 Å². The van der Waals surface area contributed by atoms with Gasteiger partial charge in [0.2, 0.25) is 0 Å². The quantitative estimate of drug-likeness (QED) is 0.531. The van der Waals surface area contributed by atoms with Crippen LogP contribution in [0.5, 0.6) is 0 Å². The molecule has 4 rings (SSSR count). The van der Waals surface area contributed by atoms with Crippen molar-refractivity contribution in [3.63, 3.8) is 0 Å². The largest absolute Gasteiger partial charge is 0.348 e. The molecule has 0 N–H and O–H groups in total. The first kappa shape index (κ1) is 21.9. The SMILES string of the molecule is Cc1cc(C)cc(Cc2csc(N3CCC(S(=O)(=O)c4c(F)cccc4F)CC3)n2)c1. The summed E-state index contributed by atoms with van der Waals surface area (Å²) in [7, 11) is -4.07. The summed E-state index contributed by atoms with van der Waals surface area (Å²) < 4.78 is 53.7. The summed E-state index contributed by atoms with van der Waals surface area (Å²) in [5, 5.41) is 2.09. The fourth-order valence-corrected chi connectivity index (χ4v) is 6.90. The summed E-state index contributed by atoms with van der Waals surface area (Å²) in [5.41, 5.74) is 4.64. The molecule has 0 radical (unpaired) electrons. The van der Waals surface area contributed by atoms with E-state index in [-0.39, 0.29) is 0 Å². The van der Waals surface area contributed by atoms with Crippen LogP contribution in [0.15, 0.2) is 46.7 Å². The number of hydrogen-bond donors (Lipinski definition) is 0. The third-order valence-corrected chi connectivity index (χ3v) is 8.82. The Bertz CT molecular complexity index is 1160. The maximum Gasteiger partial charge on any atom is 0.187 e. The van der Waals surface area contributed by atoms with Gasteiger partial charge in [0.1, 0.15) is 16.5 Å². The van der Waals surface area contributed by atoms with Crippen molar-refractivity contribution < 1.29 is 17.2 Å². The number of rotatable bonds is 5. The van der Waals surface area contributed by atoms with E-state index in [1.807, 2.05) is 5.38 Å². The van der Waals surface area contributed by atoms with E-state index in [4.69, 9.17) is 4.98 Å². The molecule has 164 valence electrons. The molecule has 3 aromatic rings. The molecule has 0 amide bonds. The van der Waals surface area contributed by atoms with Crippen LogP contribution in [0, 0.1) is 25.5 Å². The highest BCUT2D eigenvalue weighted by atomic mass is 32.2. The molecule has 1 aliphatic heterocycles. The van der Waals surface area contributed by atoms with Gasteiger partial charge in [0.05, 0.1) is 10.9 Å². The molecular weight excluding hydrogens is 438 g/mol. The van der Waals surface area contributed by atoms with Crippen LogP contribution < -0.4 is 4.90 Å². The zero-order chi connectivity index (χ0) is 22.2. The first-order valence-electron chi connectivity index (χ1n) is 10.2. The van der Waals surface area contributed by atoms with Crippen molar-refractivity contribution >= 4 is 26.3 Å². The lowest BCUT2D eigenvalue weighted by Gasteiger charge is -2.31. The first-order valence-corrected chi connectivity index (χ1v) is 12.6. The third-order valence-electron chi connectivity index (χ3n) is 5.56. The molecule has 1 aliphatic rings. The Morgan fingerprint density at radius 3 is 2.29 bits per heavy atom. The number of benzene rings is 2. The lowest BCUT2D eigenvalue weighted by atomic mass is 10.0. The Morgan fingerprint density at radius 1 is 1.06 bits per heavy atom. The van der Waals surface area contributed by atoms with Gasteiger partial charge in [0.25, 0.3) is 0 Å². The van der Waals surface area contributed by atoms with Gasteiger partial charge in [0, 0.05) is 24.9 Å². The van der Waals surface area contributed by atoms with Crippen LogP contribution in [-0.4, -0.2) is 31.7 Å². The summed E-state index contributed by atoms with van der Waals surface area (Å²) in [6.07, 6.45) is 1.36. The maximum absolute atomic E-state index is 14.0. The number of hydrogen-bond acceptors (Lipinski definition) is 5. The molecule has 1 fully saturated rings. The minimum atomic E-state index is -4.07. The van der Waals surface area contributed by atoms with Crippen LogP contribution in [0.1, 0.15) is 35.2 Å². The van der Waals surface area contributed by atoms with Crippen molar-refractivity contribution in [2.24, 2.45) is 0 Å². The second-order valence-electron chi connectivity index (χ2n) is 8.08. The first-order chi connectivity index (χ1) is 14.7. The second-order valence-corrected chi connectivity index (χ2v) is 11.1. The van der Waals surface area contributed by atoms with Crippen molar-refractivity contribution in [3.05, 3.63) is 75.8 Å². The highest BCUT2D eigenvalue weighted by Gasteiger charge is 2.35. The third kappa shape index (κ3) is 4.65. The Morgan fingerprint density at radius 2 is 1.68 bits per heavy atom. The Kier molecular flexibility index (Phi) is 6.12. The summed E-state index contributed by atoms with van der Waals surface area (Å²) in [4.78, 5) is 5.99. The standard InChI is InChI=1S/C23H24F2N2O2S2/c1-15-10-16(2)12-17(11-15)13-18-14-30-23(26-18)27-8-6-19(7-9-27)31(28,29)22-20(24)4-3-5-21(22)25/h3-5,10-12,14,19H,6-9,13H2,1-2H3. The number of halogens is 2. The highest BCUT2D eigenvalue weighted by Crippen LogP contribution is 2.31. The number of thiazole rings is 1. The average Bonchev–Trinajstić information content (AvgIpc) is 3.15. The van der Waals surface area contributed by atoms with E-state index in [1.54, 1.807) is 0 Å². The number of anilines is 1. The van der Waals surface area contributed by atoms with Gasteiger partial charge in [-0.05, 0) is 44.4 Å². The molecule has 0 unspecified atom stereocenters. The van der Waals surface area contributed by atoms with Gasteiger partial charge in [-0.3, -0.25) is 0 Å². The van der Waals surface area contributed by atoms with Gasteiger partial charge in [-0.25, -0.2) is 22.2 Å². The molecule has 0 atom stereocenters. The molecule has 31 heavy (non-hydrogen) atoms. The van der Waals surface area contributed by atoms with Crippen LogP contribution in [0.25, 0.3) is 0 Å². The number of aromatic nitrogens is 1. The molecule has 0 spiro atoms. The van der Waals surface area contributed by atoms with Gasteiger partial charge in [-0.15, -0.1) is 11.3 Å². The molecule has 1 saturated heterocycles. The van der Waals surface area contributed by atoms with E-state index in [0.717, 1.165) is 29.4 Å². The molecule has 8 heteroatoms. The molecule has 4 nitrogen and oxygen atoms in total. The maximum atomic E-state index is 14.0. The van der Waals surface area contributed by atoms with E-state index in [0.29, 0.717) is 25.9 Å². The van der Waals surface area contributed by atoms with Gasteiger partial charge < -0.3 is 4.90 Å². The summed E-state index contributed by atoms with van der Waals surface area (Å²) in [6.45, 7) is 5.12. The normalized spacial score (nSPS) is 15.4. The Balaban J connectivity index is 1.44. The van der Waals surface area contributed by atoms with E-state index in [9.17, 15) is 17.2 Å². The summed E-state index contributed by atoms with van der Waals surface area (Å²) in [6, 6.07) is 9.59. The van der Waals surface area contributed by atoms with E-state index in [1.165, 1.54) is 34.1 Å². The summed E-state index contributed by atoms with van der Waals surface area (Å²) in [5.74, 6) is -2.06. The fraction of sp³-hybridized carbons (Fsp3) is 0.348. The number of piperidine rings is 1. The molecule has 2 aromatic carbocycles. The monoisotopic (exact) mass is 462 g/mol. The summed E-state index contributed by atoms with van der Waals surface area (Å²) >= 11 is 1.54. The minimum Gasteiger partial charge on any atom is -0.348 e. The van der Waals surface area contributed by atoms with E-state index in [2.05, 4.69) is 36.9 Å². The number of nitrogens with zero attached hydrogens (tertiary/aromatic N) is 2. The zero-order valence-corrected chi connectivity index (χ0v) is 19.1. The van der Waals surface area contributed by atoms with Crippen LogP contribution in [-0.2, 0) is 16.3 Å². The zero-order valence-electron chi connectivity index (χ0n) is 17.4. The smallest absolute Gasteiger partial charge is 0.187 e. The predicted molar refractivity (Wildman–Crippen MR) is 120 cm³/mol. The van der Waals surface area contributed by atoms with Crippen molar-refractivity contribution in [2.45, 2.75) is 43.3 Å². The topological polar surface area (TPSA) is 50.3 Å². The van der Waals surface area contributed by atoms with Gasteiger partial charge in [-0.1, -0.05) is 35.4 Å². The molecule has 0 aliphatic carbocycles. The molecule has 0 saturated carbocycles. The molecule has 0 bridgehead atoms. The van der Waals surface area contributed by atoms with Crippen molar-refractivity contribution in [3.8, 4) is 0 Å². The van der Waals surface area contributed by atoms with Crippen LogP contribution in [0.4, 0.5) is 13.9 Å². The van der Waals surface area contributed by atoms with Crippen molar-refractivity contribution in [2.75, 3.05) is 18.0 Å². The fourth-order valence-electron chi connectivity index (χ4n) is 4.18. The van der Waals surface area contributed by atoms with Crippen molar-refractivity contribution in [1.82, 2.24) is 4.98 Å². The van der Waals surface area contributed by atoms with Crippen molar-refractivity contribution in [1.29, 1.82) is 0 Å². The van der Waals surface area contributed by atoms with Gasteiger partial charge in [-0.2, -0.15) is 0 Å². The van der Waals surface area contributed by atoms with Crippen LogP contribution >= 0.6 is 11.3 Å². The highest BCUT2D eigenvalue weighted by molar-refractivity contribution is 7.92. The van der Waals surface area contributed by atoms with E-state index >= 15 is 0 Å². The average molecular weight is 463 g/mol. The van der Waals surface area contributed by atoms with E-state index < -0.39 is 31.6 Å². The number of aryl methyl sites for hydroxylation is 2. The minimum absolute atomic E-state index is 0.308. The second kappa shape index (κ2) is 8.67. The number of sulfone groups is 1. The lowest BCUT2D eigenvalue weighted by molar-refractivity contribution is 0.497. The van der Waals surface area contributed by atoms with Crippen LogP contribution in [0.3, 0.4) is 0 Å². The predicted octanol–water partition coefficient (Wildman–Crippen LogP) is 5.07. The molecule has 1 aromatic heterocycles.